The first kappa shape index (κ1) is 19.8. The number of aromatic nitrogens is 1. The second-order valence-corrected chi connectivity index (χ2v) is 7.64. The molecule has 5 nitrogen and oxygen atoms in total. The molecule has 0 saturated carbocycles. The number of hydrogen-bond donors (Lipinski definition) is 1. The number of carbonyl (C=O) groups is 2. The lowest BCUT2D eigenvalue weighted by Gasteiger charge is -2.25. The van der Waals surface area contributed by atoms with Gasteiger partial charge in [0.2, 0.25) is 0 Å². The first-order valence-electron chi connectivity index (χ1n) is 9.56. The van der Waals surface area contributed by atoms with E-state index in [-0.39, 0.29) is 10.7 Å². The van der Waals surface area contributed by atoms with Gasteiger partial charge in [-0.2, -0.15) is 0 Å². The van der Waals surface area contributed by atoms with Gasteiger partial charge in [0, 0.05) is 24.1 Å². The van der Waals surface area contributed by atoms with E-state index in [1.807, 2.05) is 38.1 Å². The maximum Gasteiger partial charge on any atom is 0.265 e. The van der Waals surface area contributed by atoms with Gasteiger partial charge in [-0.15, -0.1) is 0 Å². The SMILES string of the molecule is Cc1cc(/C=C2/C(=O)NC(=S)N(C)C2=O)c(C)n1-c1ccc(-c2ccccc2)cc1. The van der Waals surface area contributed by atoms with Gasteiger partial charge in [0.05, 0.1) is 0 Å². The second kappa shape index (κ2) is 7.72. The van der Waals surface area contributed by atoms with E-state index in [9.17, 15) is 9.59 Å². The molecule has 0 atom stereocenters. The summed E-state index contributed by atoms with van der Waals surface area (Å²) in [6, 6.07) is 20.5. The van der Waals surface area contributed by atoms with Gasteiger partial charge >= 0.3 is 0 Å². The minimum Gasteiger partial charge on any atom is -0.318 e. The zero-order valence-electron chi connectivity index (χ0n) is 17.0. The Morgan fingerprint density at radius 1 is 0.933 bits per heavy atom. The number of nitrogens with zero attached hydrogens (tertiary/aromatic N) is 2. The van der Waals surface area contributed by atoms with E-state index in [2.05, 4.69) is 46.3 Å². The standard InChI is InChI=1S/C24H21N3O2S/c1-15-13-19(14-21-22(28)25-24(30)26(3)23(21)29)16(2)27(15)20-11-9-18(10-12-20)17-7-5-4-6-8-17/h4-14H,1-3H3,(H,25,28,30)/b21-14-. The van der Waals surface area contributed by atoms with Crippen LogP contribution < -0.4 is 5.32 Å². The minimum absolute atomic E-state index is 0.0748. The van der Waals surface area contributed by atoms with Crippen molar-refractivity contribution in [3.63, 3.8) is 0 Å². The Bertz CT molecular complexity index is 1190. The average molecular weight is 416 g/mol. The van der Waals surface area contributed by atoms with E-state index in [1.165, 1.54) is 10.5 Å². The summed E-state index contributed by atoms with van der Waals surface area (Å²) in [4.78, 5) is 26.1. The topological polar surface area (TPSA) is 54.3 Å². The van der Waals surface area contributed by atoms with Crippen molar-refractivity contribution in [3.05, 3.63) is 83.2 Å². The number of nitrogens with one attached hydrogen (secondary N) is 1. The summed E-state index contributed by atoms with van der Waals surface area (Å²) in [5.41, 5.74) is 6.19. The summed E-state index contributed by atoms with van der Waals surface area (Å²) >= 11 is 5.00. The van der Waals surface area contributed by atoms with Crippen LogP contribution in [0, 0.1) is 13.8 Å². The molecule has 2 heterocycles. The molecule has 1 fully saturated rings. The molecule has 1 aromatic heterocycles. The van der Waals surface area contributed by atoms with Crippen molar-refractivity contribution in [2.75, 3.05) is 7.05 Å². The molecule has 2 aromatic carbocycles. The summed E-state index contributed by atoms with van der Waals surface area (Å²) in [7, 11) is 1.55. The average Bonchev–Trinajstić information content (AvgIpc) is 3.03. The monoisotopic (exact) mass is 415 g/mol. The molecule has 2 amide bonds. The zero-order valence-corrected chi connectivity index (χ0v) is 17.8. The van der Waals surface area contributed by atoms with Gasteiger partial charge in [0.1, 0.15) is 5.57 Å². The molecule has 4 rings (SSSR count). The van der Waals surface area contributed by atoms with Crippen molar-refractivity contribution in [1.82, 2.24) is 14.8 Å². The fourth-order valence-electron chi connectivity index (χ4n) is 3.67. The van der Waals surface area contributed by atoms with E-state index in [4.69, 9.17) is 12.2 Å². The maximum absolute atomic E-state index is 12.5. The zero-order chi connectivity index (χ0) is 21.4. The van der Waals surface area contributed by atoms with E-state index >= 15 is 0 Å². The number of rotatable bonds is 3. The number of carbonyl (C=O) groups excluding carboxylic acids is 2. The fourth-order valence-corrected chi connectivity index (χ4v) is 3.84. The van der Waals surface area contributed by atoms with Crippen LogP contribution in [0.5, 0.6) is 0 Å². The predicted octanol–water partition coefficient (Wildman–Crippen LogP) is 4.02. The van der Waals surface area contributed by atoms with Gasteiger partial charge < -0.3 is 4.57 Å². The van der Waals surface area contributed by atoms with E-state index in [1.54, 1.807) is 13.1 Å². The Kier molecular flexibility index (Phi) is 5.10. The van der Waals surface area contributed by atoms with Crippen LogP contribution in [0.4, 0.5) is 0 Å². The van der Waals surface area contributed by atoms with Crippen LogP contribution in [0.1, 0.15) is 17.0 Å². The largest absolute Gasteiger partial charge is 0.318 e. The summed E-state index contributed by atoms with van der Waals surface area (Å²) < 4.78 is 2.11. The van der Waals surface area contributed by atoms with Crippen molar-refractivity contribution < 1.29 is 9.59 Å². The van der Waals surface area contributed by atoms with Crippen molar-refractivity contribution in [1.29, 1.82) is 0 Å². The van der Waals surface area contributed by atoms with Crippen LogP contribution in [0.25, 0.3) is 22.9 Å². The third-order valence-corrected chi connectivity index (χ3v) is 5.68. The molecule has 0 radical (unpaired) electrons. The number of hydrogen-bond acceptors (Lipinski definition) is 3. The molecule has 1 aliphatic rings. The second-order valence-electron chi connectivity index (χ2n) is 7.26. The number of thiocarbonyl (C=S) groups is 1. The molecule has 0 spiro atoms. The summed E-state index contributed by atoms with van der Waals surface area (Å²) in [5, 5.41) is 2.66. The summed E-state index contributed by atoms with van der Waals surface area (Å²) in [5.74, 6) is -0.874. The first-order chi connectivity index (χ1) is 14.4. The molecule has 6 heteroatoms. The highest BCUT2D eigenvalue weighted by Gasteiger charge is 2.31. The Morgan fingerprint density at radius 2 is 1.57 bits per heavy atom. The lowest BCUT2D eigenvalue weighted by atomic mass is 10.1. The van der Waals surface area contributed by atoms with Crippen LogP contribution in [0.2, 0.25) is 0 Å². The van der Waals surface area contributed by atoms with Gasteiger partial charge in [0.15, 0.2) is 5.11 Å². The normalized spacial score (nSPS) is 15.6. The van der Waals surface area contributed by atoms with Crippen molar-refractivity contribution in [2.45, 2.75) is 13.8 Å². The summed E-state index contributed by atoms with van der Waals surface area (Å²) in [6.45, 7) is 3.98. The van der Waals surface area contributed by atoms with Crippen molar-refractivity contribution in [3.8, 4) is 16.8 Å². The van der Waals surface area contributed by atoms with E-state index < -0.39 is 11.8 Å². The Balaban J connectivity index is 1.70. The molecule has 3 aromatic rings. The van der Waals surface area contributed by atoms with Gasteiger partial charge in [0.25, 0.3) is 11.8 Å². The highest BCUT2D eigenvalue weighted by Crippen LogP contribution is 2.26. The van der Waals surface area contributed by atoms with Crippen LogP contribution >= 0.6 is 12.2 Å². The van der Waals surface area contributed by atoms with Crippen molar-refractivity contribution in [2.24, 2.45) is 0 Å². The van der Waals surface area contributed by atoms with E-state index in [0.717, 1.165) is 28.2 Å². The van der Waals surface area contributed by atoms with Gasteiger partial charge in [-0.1, -0.05) is 42.5 Å². The number of aryl methyl sites for hydroxylation is 1. The number of likely N-dealkylation sites (N-methyl/N-ethyl adjacent to an activating group) is 1. The third kappa shape index (κ3) is 3.46. The van der Waals surface area contributed by atoms with Gasteiger partial charge in [-0.05, 0) is 67.0 Å². The quantitative estimate of drug-likeness (QED) is 0.399. The molecule has 1 N–H and O–H groups in total. The molecule has 1 aliphatic heterocycles. The molecule has 0 bridgehead atoms. The summed E-state index contributed by atoms with van der Waals surface area (Å²) in [6.07, 6.45) is 1.63. The van der Waals surface area contributed by atoms with Crippen LogP contribution in [-0.2, 0) is 9.59 Å². The Hall–Kier alpha value is -3.51. The highest BCUT2D eigenvalue weighted by molar-refractivity contribution is 7.80. The smallest absolute Gasteiger partial charge is 0.265 e. The lowest BCUT2D eigenvalue weighted by molar-refractivity contribution is -0.128. The first-order valence-corrected chi connectivity index (χ1v) is 9.97. The third-order valence-electron chi connectivity index (χ3n) is 5.31. The van der Waals surface area contributed by atoms with Crippen LogP contribution in [0.15, 0.2) is 66.2 Å². The molecule has 30 heavy (non-hydrogen) atoms. The Labute approximate surface area is 180 Å². The highest BCUT2D eigenvalue weighted by atomic mass is 32.1. The van der Waals surface area contributed by atoms with Gasteiger partial charge in [-0.25, -0.2) is 0 Å². The molecule has 0 aliphatic carbocycles. The molecular formula is C24H21N3O2S. The van der Waals surface area contributed by atoms with E-state index in [0.29, 0.717) is 0 Å². The number of benzene rings is 2. The minimum atomic E-state index is -0.472. The predicted molar refractivity (Wildman–Crippen MR) is 122 cm³/mol. The van der Waals surface area contributed by atoms with Crippen molar-refractivity contribution >= 4 is 35.2 Å². The lowest BCUT2D eigenvalue weighted by Crippen LogP contribution is -2.52. The molecule has 1 saturated heterocycles. The molecule has 150 valence electrons. The van der Waals surface area contributed by atoms with Crippen LogP contribution in [-0.4, -0.2) is 33.4 Å². The van der Waals surface area contributed by atoms with Gasteiger partial charge in [-0.3, -0.25) is 19.8 Å². The fraction of sp³-hybridized carbons (Fsp3) is 0.125. The van der Waals surface area contributed by atoms with Crippen LogP contribution in [0.3, 0.4) is 0 Å². The Morgan fingerprint density at radius 3 is 2.23 bits per heavy atom. The molecular weight excluding hydrogens is 394 g/mol. The molecule has 0 unspecified atom stereocenters. The maximum atomic E-state index is 12.5. The number of amides is 2.